The average molecular weight is 336 g/mol. The molecule has 0 atom stereocenters. The standard InChI is InChI=1S/C20H20N2O3/c23-19(9-7-15-6-8-18-17(14-15)10-13-25-18)21-11-12-22-20(24)16-4-2-1-3-5-16/h1-9,14H,10-13H2,(H,21,23)(H,22,24)/b9-7+. The maximum Gasteiger partial charge on any atom is 0.251 e. The van der Waals surface area contributed by atoms with Crippen LogP contribution >= 0.6 is 0 Å². The van der Waals surface area contributed by atoms with Crippen LogP contribution in [0.2, 0.25) is 0 Å². The molecule has 1 aliphatic heterocycles. The number of ether oxygens (including phenoxy) is 1. The molecule has 0 bridgehead atoms. The van der Waals surface area contributed by atoms with E-state index in [9.17, 15) is 9.59 Å². The van der Waals surface area contributed by atoms with Crippen LogP contribution in [0.3, 0.4) is 0 Å². The molecule has 2 amide bonds. The molecule has 1 aliphatic rings. The molecule has 5 nitrogen and oxygen atoms in total. The Labute approximate surface area is 146 Å². The van der Waals surface area contributed by atoms with E-state index >= 15 is 0 Å². The van der Waals surface area contributed by atoms with Gasteiger partial charge in [0.2, 0.25) is 5.91 Å². The van der Waals surface area contributed by atoms with Gasteiger partial charge >= 0.3 is 0 Å². The van der Waals surface area contributed by atoms with Crippen molar-refractivity contribution in [3.05, 3.63) is 71.3 Å². The highest BCUT2D eigenvalue weighted by atomic mass is 16.5. The molecule has 25 heavy (non-hydrogen) atoms. The largest absolute Gasteiger partial charge is 0.493 e. The molecular formula is C20H20N2O3. The number of rotatable bonds is 6. The van der Waals surface area contributed by atoms with Crippen LogP contribution in [-0.4, -0.2) is 31.5 Å². The van der Waals surface area contributed by atoms with Crippen molar-refractivity contribution in [3.63, 3.8) is 0 Å². The third kappa shape index (κ3) is 4.70. The number of hydrogen-bond donors (Lipinski definition) is 2. The molecule has 0 spiro atoms. The number of carbonyl (C=O) groups excluding carboxylic acids is 2. The van der Waals surface area contributed by atoms with Crippen LogP contribution in [-0.2, 0) is 11.2 Å². The average Bonchev–Trinajstić information content (AvgIpc) is 3.12. The lowest BCUT2D eigenvalue weighted by molar-refractivity contribution is -0.116. The number of benzene rings is 2. The maximum atomic E-state index is 11.8. The predicted molar refractivity (Wildman–Crippen MR) is 96.5 cm³/mol. The molecule has 1 heterocycles. The second-order valence-electron chi connectivity index (χ2n) is 5.71. The fourth-order valence-electron chi connectivity index (χ4n) is 2.59. The first kappa shape index (κ1) is 16.8. The number of carbonyl (C=O) groups is 2. The minimum absolute atomic E-state index is 0.147. The van der Waals surface area contributed by atoms with Gasteiger partial charge in [0.05, 0.1) is 6.61 Å². The van der Waals surface area contributed by atoms with Gasteiger partial charge in [-0.2, -0.15) is 0 Å². The molecule has 3 rings (SSSR count). The molecule has 0 aliphatic carbocycles. The lowest BCUT2D eigenvalue weighted by Gasteiger charge is -2.05. The number of nitrogens with one attached hydrogen (secondary N) is 2. The Bertz CT molecular complexity index is 785. The molecule has 0 saturated carbocycles. The van der Waals surface area contributed by atoms with Crippen molar-refractivity contribution in [1.29, 1.82) is 0 Å². The summed E-state index contributed by atoms with van der Waals surface area (Å²) in [6.07, 6.45) is 4.18. The molecule has 0 radical (unpaired) electrons. The lowest BCUT2D eigenvalue weighted by atomic mass is 10.1. The number of amides is 2. The van der Waals surface area contributed by atoms with Crippen molar-refractivity contribution in [2.45, 2.75) is 6.42 Å². The van der Waals surface area contributed by atoms with Crippen LogP contribution in [0.4, 0.5) is 0 Å². The fraction of sp³-hybridized carbons (Fsp3) is 0.200. The SMILES string of the molecule is O=C(/C=C/c1ccc2c(c1)CCO2)NCCNC(=O)c1ccccc1. The van der Waals surface area contributed by atoms with E-state index in [1.807, 2.05) is 36.4 Å². The van der Waals surface area contributed by atoms with E-state index in [0.717, 1.165) is 24.3 Å². The first-order valence-electron chi connectivity index (χ1n) is 8.27. The summed E-state index contributed by atoms with van der Waals surface area (Å²) in [6, 6.07) is 14.9. The molecular weight excluding hydrogens is 316 g/mol. The van der Waals surface area contributed by atoms with Gasteiger partial charge in [0, 0.05) is 31.1 Å². The van der Waals surface area contributed by atoms with E-state index < -0.39 is 0 Å². The Morgan fingerprint density at radius 2 is 1.84 bits per heavy atom. The summed E-state index contributed by atoms with van der Waals surface area (Å²) in [6.45, 7) is 1.47. The van der Waals surface area contributed by atoms with Crippen molar-refractivity contribution in [3.8, 4) is 5.75 Å². The monoisotopic (exact) mass is 336 g/mol. The summed E-state index contributed by atoms with van der Waals surface area (Å²) in [5, 5.41) is 5.51. The van der Waals surface area contributed by atoms with Gasteiger partial charge in [0.15, 0.2) is 0 Å². The van der Waals surface area contributed by atoms with Crippen LogP contribution in [0.25, 0.3) is 6.08 Å². The van der Waals surface area contributed by atoms with Gasteiger partial charge in [-0.05, 0) is 41.5 Å². The van der Waals surface area contributed by atoms with Gasteiger partial charge < -0.3 is 15.4 Å². The Kier molecular flexibility index (Phi) is 5.46. The third-order valence-electron chi connectivity index (χ3n) is 3.89. The van der Waals surface area contributed by atoms with E-state index in [0.29, 0.717) is 18.7 Å². The Morgan fingerprint density at radius 3 is 2.68 bits per heavy atom. The van der Waals surface area contributed by atoms with E-state index in [2.05, 4.69) is 10.6 Å². The highest BCUT2D eigenvalue weighted by molar-refractivity contribution is 5.94. The zero-order valence-corrected chi connectivity index (χ0v) is 13.8. The summed E-state index contributed by atoms with van der Waals surface area (Å²) < 4.78 is 5.46. The molecule has 5 heteroatoms. The van der Waals surface area contributed by atoms with E-state index in [4.69, 9.17) is 4.74 Å². The van der Waals surface area contributed by atoms with Gasteiger partial charge in [-0.15, -0.1) is 0 Å². The van der Waals surface area contributed by atoms with Gasteiger partial charge in [0.1, 0.15) is 5.75 Å². The van der Waals surface area contributed by atoms with Crippen LogP contribution in [0.15, 0.2) is 54.6 Å². The summed E-state index contributed by atoms with van der Waals surface area (Å²) in [7, 11) is 0. The lowest BCUT2D eigenvalue weighted by Crippen LogP contribution is -2.33. The molecule has 128 valence electrons. The first-order valence-corrected chi connectivity index (χ1v) is 8.27. The van der Waals surface area contributed by atoms with Gasteiger partial charge in [-0.3, -0.25) is 9.59 Å². The maximum absolute atomic E-state index is 11.8. The Balaban J connectivity index is 1.40. The Morgan fingerprint density at radius 1 is 1.04 bits per heavy atom. The second kappa shape index (κ2) is 8.15. The minimum Gasteiger partial charge on any atom is -0.493 e. The summed E-state index contributed by atoms with van der Waals surface area (Å²) >= 11 is 0. The van der Waals surface area contributed by atoms with E-state index in [-0.39, 0.29) is 11.8 Å². The molecule has 0 saturated heterocycles. The summed E-state index contributed by atoms with van der Waals surface area (Å²) in [4.78, 5) is 23.7. The van der Waals surface area contributed by atoms with E-state index in [1.54, 1.807) is 18.2 Å². The van der Waals surface area contributed by atoms with Crippen molar-refractivity contribution >= 4 is 17.9 Å². The highest BCUT2D eigenvalue weighted by Gasteiger charge is 2.11. The first-order chi connectivity index (χ1) is 12.2. The van der Waals surface area contributed by atoms with Crippen molar-refractivity contribution < 1.29 is 14.3 Å². The van der Waals surface area contributed by atoms with Crippen LogP contribution in [0.5, 0.6) is 5.75 Å². The molecule has 0 unspecified atom stereocenters. The zero-order valence-electron chi connectivity index (χ0n) is 13.8. The van der Waals surface area contributed by atoms with Gasteiger partial charge in [-0.1, -0.05) is 24.3 Å². The quantitative estimate of drug-likeness (QED) is 0.628. The highest BCUT2D eigenvalue weighted by Crippen LogP contribution is 2.26. The molecule has 2 aromatic carbocycles. The van der Waals surface area contributed by atoms with E-state index in [1.165, 1.54) is 11.6 Å². The zero-order chi connectivity index (χ0) is 17.5. The van der Waals surface area contributed by atoms with Crippen LogP contribution in [0, 0.1) is 0 Å². The van der Waals surface area contributed by atoms with Crippen LogP contribution < -0.4 is 15.4 Å². The van der Waals surface area contributed by atoms with Crippen molar-refractivity contribution in [2.24, 2.45) is 0 Å². The smallest absolute Gasteiger partial charge is 0.251 e. The summed E-state index contributed by atoms with van der Waals surface area (Å²) in [5.74, 6) is 0.590. The Hall–Kier alpha value is -3.08. The third-order valence-corrected chi connectivity index (χ3v) is 3.89. The fourth-order valence-corrected chi connectivity index (χ4v) is 2.59. The van der Waals surface area contributed by atoms with Gasteiger partial charge in [0.25, 0.3) is 5.91 Å². The molecule has 0 fully saturated rings. The second-order valence-corrected chi connectivity index (χ2v) is 5.71. The number of fused-ring (bicyclic) bond motifs is 1. The normalized spacial score (nSPS) is 12.5. The molecule has 2 aromatic rings. The minimum atomic E-state index is -0.189. The van der Waals surface area contributed by atoms with Crippen molar-refractivity contribution in [1.82, 2.24) is 10.6 Å². The van der Waals surface area contributed by atoms with Crippen molar-refractivity contribution in [2.75, 3.05) is 19.7 Å². The molecule has 2 N–H and O–H groups in total. The van der Waals surface area contributed by atoms with Gasteiger partial charge in [-0.25, -0.2) is 0 Å². The number of hydrogen-bond acceptors (Lipinski definition) is 3. The predicted octanol–water partition coefficient (Wildman–Crippen LogP) is 2.18. The van der Waals surface area contributed by atoms with Crippen LogP contribution in [0.1, 0.15) is 21.5 Å². The molecule has 0 aromatic heterocycles. The topological polar surface area (TPSA) is 67.4 Å². The summed E-state index contributed by atoms with van der Waals surface area (Å²) in [5.41, 5.74) is 2.75.